The number of aromatic amines is 1. The van der Waals surface area contributed by atoms with Gasteiger partial charge in [0, 0.05) is 40.8 Å². The third-order valence-electron chi connectivity index (χ3n) is 6.46. The average Bonchev–Trinajstić information content (AvgIpc) is 3.33. The normalized spacial score (nSPS) is 14.6. The van der Waals surface area contributed by atoms with E-state index in [1.807, 2.05) is 70.1 Å². The number of aromatic nitrogens is 1. The van der Waals surface area contributed by atoms with Gasteiger partial charge in [0.15, 0.2) is 0 Å². The van der Waals surface area contributed by atoms with Gasteiger partial charge in [0.2, 0.25) is 5.91 Å². The number of nitrogens with zero attached hydrogens (tertiary/aromatic N) is 1. The lowest BCUT2D eigenvalue weighted by atomic mass is 10.0. The van der Waals surface area contributed by atoms with Gasteiger partial charge in [0.25, 0.3) is 11.8 Å². The molecule has 0 saturated heterocycles. The number of likely N-dealkylation sites (N-methyl/N-ethyl adjacent to an activating group) is 1. The summed E-state index contributed by atoms with van der Waals surface area (Å²) in [6.07, 6.45) is 5.06. The molecule has 0 fully saturated rings. The highest BCUT2D eigenvalue weighted by molar-refractivity contribution is 6.35. The summed E-state index contributed by atoms with van der Waals surface area (Å²) in [5.74, 6) is -0.693. The minimum Gasteiger partial charge on any atom is -0.357 e. The first-order valence-corrected chi connectivity index (χ1v) is 12.5. The number of rotatable bonds is 8. The molecule has 8 nitrogen and oxygen atoms in total. The summed E-state index contributed by atoms with van der Waals surface area (Å²) in [6.45, 7) is 6.35. The third kappa shape index (κ3) is 5.92. The van der Waals surface area contributed by atoms with Crippen molar-refractivity contribution in [2.45, 2.75) is 26.8 Å². The van der Waals surface area contributed by atoms with Gasteiger partial charge in [0.1, 0.15) is 0 Å². The zero-order chi connectivity index (χ0) is 27.4. The number of amides is 3. The Balaban J connectivity index is 1.57. The van der Waals surface area contributed by atoms with Gasteiger partial charge >= 0.3 is 0 Å². The van der Waals surface area contributed by atoms with Crippen LogP contribution in [0.1, 0.15) is 51.4 Å². The fourth-order valence-electron chi connectivity index (χ4n) is 4.36. The van der Waals surface area contributed by atoms with Crippen molar-refractivity contribution in [1.82, 2.24) is 15.2 Å². The number of anilines is 2. The Labute approximate surface area is 222 Å². The molecule has 2 heterocycles. The monoisotopic (exact) mass is 511 g/mol. The van der Waals surface area contributed by atoms with Gasteiger partial charge in [-0.15, -0.1) is 0 Å². The van der Waals surface area contributed by atoms with E-state index >= 15 is 0 Å². The number of benzene rings is 2. The fraction of sp³-hybridized carbons (Fsp3) is 0.233. The first-order chi connectivity index (χ1) is 18.1. The Kier molecular flexibility index (Phi) is 7.93. The van der Waals surface area contributed by atoms with Crippen LogP contribution in [0.5, 0.6) is 0 Å². The van der Waals surface area contributed by atoms with Crippen LogP contribution in [0.4, 0.5) is 11.4 Å². The van der Waals surface area contributed by atoms with Crippen LogP contribution in [0.2, 0.25) is 0 Å². The molecule has 3 aromatic rings. The number of aryl methyl sites for hydroxylation is 1. The Hall–Kier alpha value is -4.43. The van der Waals surface area contributed by atoms with Gasteiger partial charge in [-0.3, -0.25) is 14.4 Å². The summed E-state index contributed by atoms with van der Waals surface area (Å²) < 4.78 is 0. The summed E-state index contributed by atoms with van der Waals surface area (Å²) in [7, 11) is 3.86. The maximum atomic E-state index is 13.0. The van der Waals surface area contributed by atoms with Crippen LogP contribution in [0, 0.1) is 13.8 Å². The molecule has 196 valence electrons. The van der Waals surface area contributed by atoms with Crippen LogP contribution in [-0.4, -0.2) is 48.2 Å². The predicted molar refractivity (Wildman–Crippen MR) is 152 cm³/mol. The van der Waals surface area contributed by atoms with Crippen molar-refractivity contribution in [2.24, 2.45) is 0 Å². The first-order valence-electron chi connectivity index (χ1n) is 12.5. The van der Waals surface area contributed by atoms with Crippen molar-refractivity contribution in [3.05, 3.63) is 94.3 Å². The Morgan fingerprint density at radius 1 is 1.08 bits per heavy atom. The topological polar surface area (TPSA) is 106 Å². The van der Waals surface area contributed by atoms with E-state index in [2.05, 4.69) is 20.9 Å². The standard InChI is InChI=1S/C30H33N5O3/c1-18-26(31-20(3)28(18)34-27(36)12-9-15-35(4)5)17-24-23-16-22(13-14-25(23)33-30(24)38)29(37)32-19(2)21-10-7-6-8-11-21/h6-14,16-17,19,31H,15H2,1-5H3,(H,32,37)(H,33,38)(H,34,36)/b12-9+,24-17?/t19-/m1/s1. The van der Waals surface area contributed by atoms with E-state index in [0.29, 0.717) is 40.3 Å². The molecule has 8 heteroatoms. The van der Waals surface area contributed by atoms with Crippen molar-refractivity contribution in [3.63, 3.8) is 0 Å². The Morgan fingerprint density at radius 3 is 2.53 bits per heavy atom. The molecule has 4 rings (SSSR count). The predicted octanol–water partition coefficient (Wildman–Crippen LogP) is 4.67. The summed E-state index contributed by atoms with van der Waals surface area (Å²) in [6, 6.07) is 14.8. The van der Waals surface area contributed by atoms with Gasteiger partial charge in [0.05, 0.1) is 17.3 Å². The van der Waals surface area contributed by atoms with Gasteiger partial charge in [-0.1, -0.05) is 36.4 Å². The zero-order valence-corrected chi connectivity index (χ0v) is 22.3. The van der Waals surface area contributed by atoms with Crippen LogP contribution >= 0.6 is 0 Å². The van der Waals surface area contributed by atoms with Crippen molar-refractivity contribution >= 4 is 40.7 Å². The minimum atomic E-state index is -0.251. The number of H-pyrrole nitrogens is 1. The Bertz CT molecular complexity index is 1430. The van der Waals surface area contributed by atoms with E-state index in [0.717, 1.165) is 16.8 Å². The van der Waals surface area contributed by atoms with Crippen LogP contribution in [0.25, 0.3) is 11.6 Å². The van der Waals surface area contributed by atoms with E-state index in [9.17, 15) is 14.4 Å². The summed E-state index contributed by atoms with van der Waals surface area (Å²) in [5, 5.41) is 8.82. The first kappa shape index (κ1) is 26.6. The summed E-state index contributed by atoms with van der Waals surface area (Å²) in [4.78, 5) is 43.5. The summed E-state index contributed by atoms with van der Waals surface area (Å²) in [5.41, 5.74) is 6.20. The second-order valence-corrected chi connectivity index (χ2v) is 9.70. The molecule has 4 N–H and O–H groups in total. The lowest BCUT2D eigenvalue weighted by Crippen LogP contribution is -2.26. The van der Waals surface area contributed by atoms with E-state index in [4.69, 9.17) is 0 Å². The number of fused-ring (bicyclic) bond motifs is 1. The molecule has 38 heavy (non-hydrogen) atoms. The Morgan fingerprint density at radius 2 is 1.82 bits per heavy atom. The molecule has 0 unspecified atom stereocenters. The zero-order valence-electron chi connectivity index (χ0n) is 22.3. The van der Waals surface area contributed by atoms with Crippen molar-refractivity contribution in [3.8, 4) is 0 Å². The van der Waals surface area contributed by atoms with Crippen molar-refractivity contribution in [2.75, 3.05) is 31.3 Å². The second-order valence-electron chi connectivity index (χ2n) is 9.70. The SMILES string of the molecule is Cc1[nH]c(C=C2C(=O)Nc3ccc(C(=O)N[C@H](C)c4ccccc4)cc32)c(C)c1NC(=O)/C=C/CN(C)C. The maximum Gasteiger partial charge on any atom is 0.256 e. The molecule has 1 aliphatic heterocycles. The van der Waals surface area contributed by atoms with Crippen LogP contribution in [0.15, 0.2) is 60.7 Å². The molecule has 0 bridgehead atoms. The number of nitrogens with one attached hydrogen (secondary N) is 4. The highest BCUT2D eigenvalue weighted by Crippen LogP contribution is 2.35. The van der Waals surface area contributed by atoms with Crippen LogP contribution < -0.4 is 16.0 Å². The maximum absolute atomic E-state index is 13.0. The second kappa shape index (κ2) is 11.3. The number of carbonyl (C=O) groups is 3. The number of hydrogen-bond donors (Lipinski definition) is 4. The molecule has 1 aliphatic rings. The third-order valence-corrected chi connectivity index (χ3v) is 6.46. The molecule has 0 saturated carbocycles. The van der Waals surface area contributed by atoms with Crippen LogP contribution in [-0.2, 0) is 9.59 Å². The van der Waals surface area contributed by atoms with Crippen molar-refractivity contribution < 1.29 is 14.4 Å². The smallest absolute Gasteiger partial charge is 0.256 e. The average molecular weight is 512 g/mol. The number of carbonyl (C=O) groups excluding carboxylic acids is 3. The quantitative estimate of drug-likeness (QED) is 0.330. The van der Waals surface area contributed by atoms with Gasteiger partial charge in [-0.05, 0) is 70.3 Å². The number of hydrogen-bond acceptors (Lipinski definition) is 4. The lowest BCUT2D eigenvalue weighted by molar-refractivity contribution is -0.112. The van der Waals surface area contributed by atoms with Gasteiger partial charge in [-0.2, -0.15) is 0 Å². The van der Waals surface area contributed by atoms with E-state index in [1.54, 1.807) is 30.4 Å². The van der Waals surface area contributed by atoms with E-state index in [-0.39, 0.29) is 23.8 Å². The highest BCUT2D eigenvalue weighted by atomic mass is 16.2. The summed E-state index contributed by atoms with van der Waals surface area (Å²) >= 11 is 0. The van der Waals surface area contributed by atoms with E-state index in [1.165, 1.54) is 6.08 Å². The molecular formula is C30H33N5O3. The molecule has 0 aliphatic carbocycles. The highest BCUT2D eigenvalue weighted by Gasteiger charge is 2.26. The lowest BCUT2D eigenvalue weighted by Gasteiger charge is -2.14. The van der Waals surface area contributed by atoms with Crippen LogP contribution in [0.3, 0.4) is 0 Å². The molecule has 0 spiro atoms. The van der Waals surface area contributed by atoms with Crippen molar-refractivity contribution in [1.29, 1.82) is 0 Å². The molecule has 1 aromatic heterocycles. The molecule has 1 atom stereocenters. The minimum absolute atomic E-state index is 0.164. The van der Waals surface area contributed by atoms with E-state index < -0.39 is 0 Å². The molecule has 2 aromatic carbocycles. The molecule has 0 radical (unpaired) electrons. The largest absolute Gasteiger partial charge is 0.357 e. The molecule has 3 amide bonds. The van der Waals surface area contributed by atoms with Gasteiger partial charge < -0.3 is 25.8 Å². The fourth-order valence-corrected chi connectivity index (χ4v) is 4.36. The van der Waals surface area contributed by atoms with Gasteiger partial charge in [-0.25, -0.2) is 0 Å². The molecular weight excluding hydrogens is 478 g/mol.